The largest absolute Gasteiger partial charge is 0.280 e. The fourth-order valence-corrected chi connectivity index (χ4v) is 5.16. The van der Waals surface area contributed by atoms with Crippen molar-refractivity contribution < 1.29 is 36.5 Å². The summed E-state index contributed by atoms with van der Waals surface area (Å²) in [6, 6.07) is 7.88. The second kappa shape index (κ2) is 10.0. The zero-order valence-electron chi connectivity index (χ0n) is 18.3. The Morgan fingerprint density at radius 2 is 0.789 bits per heavy atom. The number of anilines is 2. The van der Waals surface area contributed by atoms with Crippen molar-refractivity contribution in [2.75, 3.05) is 9.44 Å². The van der Waals surface area contributed by atoms with Crippen LogP contribution in [0, 0.1) is 40.5 Å². The van der Waals surface area contributed by atoms with Gasteiger partial charge in [0.25, 0.3) is 42.8 Å². The predicted octanol–water partition coefficient (Wildman–Crippen LogP) is 2.92. The normalized spacial score (nSPS) is 11.4. The Labute approximate surface area is 211 Å². The highest BCUT2D eigenvalue weighted by Crippen LogP contribution is 2.29. The van der Waals surface area contributed by atoms with Gasteiger partial charge in [0.05, 0.1) is 43.2 Å². The zero-order chi connectivity index (χ0) is 28.4. The lowest BCUT2D eigenvalue weighted by molar-refractivity contribution is -0.394. The van der Waals surface area contributed by atoms with Gasteiger partial charge in [-0.2, -0.15) is 0 Å². The van der Waals surface area contributed by atoms with E-state index in [0.29, 0.717) is 36.4 Å². The van der Waals surface area contributed by atoms with Gasteiger partial charge in [0.2, 0.25) is 0 Å². The SMILES string of the molecule is O=[N+]([O-])c1cc([N+](=O)[O-])cc(S(=O)(=O)Nc2cccc(NS(=O)(=O)c3cc([N+](=O)[O-])cc([N+](=O)[O-])c3)c2)c1. The van der Waals surface area contributed by atoms with Crippen molar-refractivity contribution in [3.05, 3.63) is 101 Å². The van der Waals surface area contributed by atoms with Crippen LogP contribution in [0.1, 0.15) is 0 Å². The molecule has 0 atom stereocenters. The Bertz CT molecular complexity index is 1540. The number of benzene rings is 3. The second-order valence-corrected chi connectivity index (χ2v) is 10.6. The molecule has 3 aromatic rings. The van der Waals surface area contributed by atoms with E-state index in [0.717, 1.165) is 18.2 Å². The molecule has 0 aliphatic carbocycles. The van der Waals surface area contributed by atoms with Gasteiger partial charge in [-0.25, -0.2) is 16.8 Å². The van der Waals surface area contributed by atoms with Crippen molar-refractivity contribution >= 4 is 54.2 Å². The van der Waals surface area contributed by atoms with Crippen molar-refractivity contribution in [3.8, 4) is 0 Å². The highest BCUT2D eigenvalue weighted by atomic mass is 32.2. The van der Waals surface area contributed by atoms with Crippen molar-refractivity contribution in [2.24, 2.45) is 0 Å². The van der Waals surface area contributed by atoms with E-state index in [1.807, 2.05) is 9.44 Å². The summed E-state index contributed by atoms with van der Waals surface area (Å²) in [5.74, 6) is 0. The molecule has 2 N–H and O–H groups in total. The van der Waals surface area contributed by atoms with Gasteiger partial charge in [0.1, 0.15) is 9.79 Å². The van der Waals surface area contributed by atoms with Gasteiger partial charge in [0.15, 0.2) is 0 Å². The smallest absolute Gasteiger partial charge is 0.277 e. The summed E-state index contributed by atoms with van der Waals surface area (Å²) >= 11 is 0. The maximum absolute atomic E-state index is 12.7. The number of nitro benzene ring substituents is 4. The molecule has 38 heavy (non-hydrogen) atoms. The topological polar surface area (TPSA) is 265 Å². The zero-order valence-corrected chi connectivity index (χ0v) is 19.9. The van der Waals surface area contributed by atoms with Gasteiger partial charge in [-0.05, 0) is 18.2 Å². The van der Waals surface area contributed by atoms with E-state index < -0.39 is 72.3 Å². The number of hydrogen-bond donors (Lipinski definition) is 2. The molecule has 0 saturated heterocycles. The van der Waals surface area contributed by atoms with Crippen LogP contribution in [-0.2, 0) is 20.0 Å². The Morgan fingerprint density at radius 1 is 0.500 bits per heavy atom. The van der Waals surface area contributed by atoms with E-state index in [4.69, 9.17) is 0 Å². The molecule has 0 heterocycles. The molecule has 0 bridgehead atoms. The number of nitrogens with one attached hydrogen (secondary N) is 2. The molecule has 0 saturated carbocycles. The van der Waals surface area contributed by atoms with Gasteiger partial charge >= 0.3 is 0 Å². The number of non-ortho nitro benzene ring substituents is 4. The van der Waals surface area contributed by atoms with Crippen molar-refractivity contribution in [1.82, 2.24) is 0 Å². The molecule has 20 heteroatoms. The van der Waals surface area contributed by atoms with Crippen molar-refractivity contribution in [3.63, 3.8) is 0 Å². The molecule has 198 valence electrons. The molecule has 0 radical (unpaired) electrons. The summed E-state index contributed by atoms with van der Waals surface area (Å²) in [4.78, 5) is 38.4. The van der Waals surface area contributed by atoms with Gasteiger partial charge in [-0.15, -0.1) is 0 Å². The quantitative estimate of drug-likeness (QED) is 0.264. The van der Waals surface area contributed by atoms with Crippen molar-refractivity contribution in [1.29, 1.82) is 0 Å². The van der Waals surface area contributed by atoms with Gasteiger partial charge < -0.3 is 0 Å². The van der Waals surface area contributed by atoms with E-state index in [-0.39, 0.29) is 11.4 Å². The average Bonchev–Trinajstić information content (AvgIpc) is 2.83. The highest BCUT2D eigenvalue weighted by Gasteiger charge is 2.26. The first kappa shape index (κ1) is 27.3. The first-order valence-electron chi connectivity index (χ1n) is 9.62. The molecule has 0 aliphatic heterocycles. The van der Waals surface area contributed by atoms with Crippen LogP contribution in [0.15, 0.2) is 70.5 Å². The average molecular weight is 568 g/mol. The summed E-state index contributed by atoms with van der Waals surface area (Å²) in [6.07, 6.45) is 0. The Balaban J connectivity index is 1.95. The van der Waals surface area contributed by atoms with Crippen LogP contribution in [0.5, 0.6) is 0 Å². The van der Waals surface area contributed by atoms with Crippen LogP contribution in [0.2, 0.25) is 0 Å². The summed E-state index contributed by atoms with van der Waals surface area (Å²) in [5, 5.41) is 44.2. The van der Waals surface area contributed by atoms with Crippen LogP contribution in [-0.4, -0.2) is 36.5 Å². The fourth-order valence-electron chi connectivity index (χ4n) is 2.94. The lowest BCUT2D eigenvalue weighted by atomic mass is 10.3. The highest BCUT2D eigenvalue weighted by molar-refractivity contribution is 7.93. The van der Waals surface area contributed by atoms with Crippen LogP contribution in [0.4, 0.5) is 34.1 Å². The molecular formula is C18H12N6O12S2. The summed E-state index contributed by atoms with van der Waals surface area (Å²) in [5.41, 5.74) is -4.05. The number of sulfonamides is 2. The van der Waals surface area contributed by atoms with Crippen molar-refractivity contribution in [2.45, 2.75) is 9.79 Å². The molecule has 0 aliphatic rings. The number of rotatable bonds is 10. The van der Waals surface area contributed by atoms with E-state index >= 15 is 0 Å². The third-order valence-corrected chi connectivity index (χ3v) is 7.30. The van der Waals surface area contributed by atoms with Crippen LogP contribution >= 0.6 is 0 Å². The maximum atomic E-state index is 12.7. The second-order valence-electron chi connectivity index (χ2n) is 7.19. The Hall–Kier alpha value is -5.24. The minimum absolute atomic E-state index is 0.288. The first-order valence-corrected chi connectivity index (χ1v) is 12.6. The van der Waals surface area contributed by atoms with Gasteiger partial charge in [-0.1, -0.05) is 6.07 Å². The molecule has 0 fully saturated rings. The third kappa shape index (κ3) is 6.11. The number of nitrogens with zero attached hydrogens (tertiary/aromatic N) is 4. The molecular weight excluding hydrogens is 556 g/mol. The van der Waals surface area contributed by atoms with E-state index in [9.17, 15) is 57.3 Å². The minimum Gasteiger partial charge on any atom is -0.280 e. The molecule has 0 amide bonds. The molecule has 3 aromatic carbocycles. The Morgan fingerprint density at radius 3 is 1.05 bits per heavy atom. The molecule has 0 spiro atoms. The lowest BCUT2D eigenvalue weighted by Gasteiger charge is -2.11. The van der Waals surface area contributed by atoms with E-state index in [1.54, 1.807) is 0 Å². The summed E-state index contributed by atoms with van der Waals surface area (Å²) < 4.78 is 55.0. The van der Waals surface area contributed by atoms with E-state index in [2.05, 4.69) is 0 Å². The third-order valence-electron chi connectivity index (χ3n) is 4.58. The van der Waals surface area contributed by atoms with Crippen LogP contribution < -0.4 is 9.44 Å². The molecule has 3 rings (SSSR count). The number of nitro groups is 4. The maximum Gasteiger partial charge on any atom is 0.277 e. The monoisotopic (exact) mass is 568 g/mol. The van der Waals surface area contributed by atoms with Gasteiger partial charge in [0, 0.05) is 24.3 Å². The molecule has 0 unspecified atom stereocenters. The molecule has 0 aromatic heterocycles. The standard InChI is InChI=1S/C18H12N6O12S2/c25-21(26)13-5-14(22(27)28)8-17(7-13)37(33,34)19-11-2-1-3-12(4-11)20-38(35,36)18-9-15(23(29)30)6-16(10-18)24(31)32/h1-10,19-20H. The fraction of sp³-hybridized carbons (Fsp3) is 0. The summed E-state index contributed by atoms with van der Waals surface area (Å²) in [6.45, 7) is 0. The minimum atomic E-state index is -4.65. The Kier molecular flexibility index (Phi) is 7.21. The predicted molar refractivity (Wildman–Crippen MR) is 128 cm³/mol. The first-order chi connectivity index (χ1) is 17.6. The summed E-state index contributed by atoms with van der Waals surface area (Å²) in [7, 11) is -9.31. The van der Waals surface area contributed by atoms with Gasteiger partial charge in [-0.3, -0.25) is 49.9 Å². The molecule has 18 nitrogen and oxygen atoms in total. The van der Waals surface area contributed by atoms with Crippen LogP contribution in [0.25, 0.3) is 0 Å². The number of hydrogen-bond acceptors (Lipinski definition) is 12. The van der Waals surface area contributed by atoms with Crippen LogP contribution in [0.3, 0.4) is 0 Å². The lowest BCUT2D eigenvalue weighted by Crippen LogP contribution is -2.15. The van der Waals surface area contributed by atoms with E-state index in [1.165, 1.54) is 6.07 Å².